The van der Waals surface area contributed by atoms with Crippen molar-refractivity contribution in [3.63, 3.8) is 0 Å². The summed E-state index contributed by atoms with van der Waals surface area (Å²) in [7, 11) is 1.77. The summed E-state index contributed by atoms with van der Waals surface area (Å²) in [5.41, 5.74) is 0.878. The van der Waals surface area contributed by atoms with E-state index in [0.717, 1.165) is 70.2 Å². The zero-order valence-electron chi connectivity index (χ0n) is 15.5. The third kappa shape index (κ3) is 3.97. The van der Waals surface area contributed by atoms with Crippen LogP contribution < -0.4 is 5.32 Å². The summed E-state index contributed by atoms with van der Waals surface area (Å²) in [5, 5.41) is 12.2. The van der Waals surface area contributed by atoms with Crippen LogP contribution in [-0.2, 0) is 11.3 Å². The Balaban J connectivity index is 1.40. The molecule has 1 unspecified atom stereocenters. The molecule has 0 spiro atoms. The summed E-state index contributed by atoms with van der Waals surface area (Å²) in [6.07, 6.45) is 9.44. The van der Waals surface area contributed by atoms with Crippen molar-refractivity contribution in [1.29, 1.82) is 0 Å². The number of nitrogens with one attached hydrogen (secondary N) is 1. The van der Waals surface area contributed by atoms with Gasteiger partial charge in [-0.15, -0.1) is 5.10 Å². The van der Waals surface area contributed by atoms with Gasteiger partial charge in [-0.3, -0.25) is 0 Å². The van der Waals surface area contributed by atoms with Gasteiger partial charge in [0.25, 0.3) is 0 Å². The fourth-order valence-corrected chi connectivity index (χ4v) is 4.08. The molecule has 0 bridgehead atoms. The lowest BCUT2D eigenvalue weighted by Gasteiger charge is -2.22. The molecule has 8 nitrogen and oxygen atoms in total. The molecule has 4 heterocycles. The van der Waals surface area contributed by atoms with Crippen LogP contribution in [0.2, 0.25) is 0 Å². The second-order valence-electron chi connectivity index (χ2n) is 7.42. The highest BCUT2D eigenvalue weighted by molar-refractivity contribution is 5.47. The number of hydrogen-bond donors (Lipinski definition) is 1. The lowest BCUT2D eigenvalue weighted by Crippen LogP contribution is -2.29. The summed E-state index contributed by atoms with van der Waals surface area (Å²) in [6, 6.07) is 0.449. The van der Waals surface area contributed by atoms with Crippen molar-refractivity contribution in [3.05, 3.63) is 18.6 Å². The molecule has 0 amide bonds. The standard InChI is InChI=1S/C18H29N7O/c1-26-11-10-23-8-4-15(12-23)13-24-9-7-20-18(24)17-14-25(22-21-17)16-2-5-19-6-3-16/h7,9,14-16,19H,2-6,8,10-13H2,1H3. The zero-order valence-corrected chi connectivity index (χ0v) is 15.5. The Hall–Kier alpha value is -1.77. The minimum Gasteiger partial charge on any atom is -0.383 e. The molecule has 2 aliphatic heterocycles. The van der Waals surface area contributed by atoms with Gasteiger partial charge in [-0.05, 0) is 44.8 Å². The summed E-state index contributed by atoms with van der Waals surface area (Å²) in [5.74, 6) is 1.58. The number of ether oxygens (including phenoxy) is 1. The number of methoxy groups -OCH3 is 1. The Labute approximate surface area is 154 Å². The van der Waals surface area contributed by atoms with E-state index in [1.54, 1.807) is 7.11 Å². The maximum atomic E-state index is 5.20. The highest BCUT2D eigenvalue weighted by atomic mass is 16.5. The second-order valence-corrected chi connectivity index (χ2v) is 7.42. The molecule has 2 aliphatic rings. The number of nitrogens with zero attached hydrogens (tertiary/aromatic N) is 6. The summed E-state index contributed by atoms with van der Waals surface area (Å²) >= 11 is 0. The minimum absolute atomic E-state index is 0.449. The third-order valence-electron chi connectivity index (χ3n) is 5.57. The van der Waals surface area contributed by atoms with Crippen LogP contribution in [0.1, 0.15) is 25.3 Å². The molecule has 8 heteroatoms. The Bertz CT molecular complexity index is 691. The first-order valence-corrected chi connectivity index (χ1v) is 9.69. The maximum absolute atomic E-state index is 5.20. The number of aromatic nitrogens is 5. The Morgan fingerprint density at radius 1 is 1.27 bits per heavy atom. The van der Waals surface area contributed by atoms with E-state index < -0.39 is 0 Å². The van der Waals surface area contributed by atoms with Crippen LogP contribution >= 0.6 is 0 Å². The molecular formula is C18H29N7O. The van der Waals surface area contributed by atoms with Crippen LogP contribution in [-0.4, -0.2) is 75.9 Å². The molecule has 142 valence electrons. The van der Waals surface area contributed by atoms with Crippen LogP contribution in [0.3, 0.4) is 0 Å². The maximum Gasteiger partial charge on any atom is 0.162 e. The van der Waals surface area contributed by atoms with Crippen molar-refractivity contribution in [2.45, 2.75) is 31.8 Å². The molecule has 0 saturated carbocycles. The lowest BCUT2D eigenvalue weighted by atomic mass is 10.1. The fraction of sp³-hybridized carbons (Fsp3) is 0.722. The van der Waals surface area contributed by atoms with E-state index >= 15 is 0 Å². The van der Waals surface area contributed by atoms with Gasteiger partial charge in [-0.2, -0.15) is 0 Å². The quantitative estimate of drug-likeness (QED) is 0.796. The van der Waals surface area contributed by atoms with E-state index in [1.165, 1.54) is 6.42 Å². The molecule has 4 rings (SSSR count). The molecule has 0 aromatic carbocycles. The topological polar surface area (TPSA) is 73.0 Å². The molecule has 0 aliphatic carbocycles. The number of likely N-dealkylation sites (tertiary alicyclic amines) is 1. The van der Waals surface area contributed by atoms with Gasteiger partial charge in [0.1, 0.15) is 5.69 Å². The van der Waals surface area contributed by atoms with Gasteiger partial charge in [0.05, 0.1) is 18.8 Å². The van der Waals surface area contributed by atoms with Crippen LogP contribution in [0.25, 0.3) is 11.5 Å². The van der Waals surface area contributed by atoms with Gasteiger partial charge in [-0.1, -0.05) is 5.21 Å². The minimum atomic E-state index is 0.449. The Morgan fingerprint density at radius 2 is 2.15 bits per heavy atom. The van der Waals surface area contributed by atoms with Crippen molar-refractivity contribution in [2.75, 3.05) is 46.4 Å². The first-order valence-electron chi connectivity index (χ1n) is 9.69. The largest absolute Gasteiger partial charge is 0.383 e. The van der Waals surface area contributed by atoms with Gasteiger partial charge in [0.2, 0.25) is 0 Å². The van der Waals surface area contributed by atoms with Crippen molar-refractivity contribution in [2.24, 2.45) is 5.92 Å². The van der Waals surface area contributed by atoms with Gasteiger partial charge < -0.3 is 19.5 Å². The fourth-order valence-electron chi connectivity index (χ4n) is 4.08. The van der Waals surface area contributed by atoms with Crippen molar-refractivity contribution < 1.29 is 4.74 Å². The van der Waals surface area contributed by atoms with E-state index in [-0.39, 0.29) is 0 Å². The van der Waals surface area contributed by atoms with Crippen molar-refractivity contribution >= 4 is 0 Å². The molecule has 2 aromatic heterocycles. The van der Waals surface area contributed by atoms with Gasteiger partial charge in [0, 0.05) is 39.1 Å². The molecule has 2 aromatic rings. The molecule has 2 fully saturated rings. The SMILES string of the molecule is COCCN1CCC(Cn2ccnc2-c2cn(C3CCNCC3)nn2)C1. The smallest absolute Gasteiger partial charge is 0.162 e. The number of piperidine rings is 1. The molecule has 1 N–H and O–H groups in total. The van der Waals surface area contributed by atoms with E-state index in [9.17, 15) is 0 Å². The second kappa shape index (κ2) is 8.28. The lowest BCUT2D eigenvalue weighted by molar-refractivity contribution is 0.158. The van der Waals surface area contributed by atoms with Crippen molar-refractivity contribution in [1.82, 2.24) is 34.8 Å². The molecule has 1 atom stereocenters. The summed E-state index contributed by atoms with van der Waals surface area (Å²) in [6.45, 7) is 7.20. The normalized spacial score (nSPS) is 22.3. The summed E-state index contributed by atoms with van der Waals surface area (Å²) in [4.78, 5) is 7.04. The van der Waals surface area contributed by atoms with E-state index in [0.29, 0.717) is 12.0 Å². The van der Waals surface area contributed by atoms with E-state index in [4.69, 9.17) is 4.74 Å². The zero-order chi connectivity index (χ0) is 17.8. The van der Waals surface area contributed by atoms with Crippen molar-refractivity contribution in [3.8, 4) is 11.5 Å². The predicted molar refractivity (Wildman–Crippen MR) is 98.8 cm³/mol. The van der Waals surface area contributed by atoms with Crippen LogP contribution in [0, 0.1) is 5.92 Å². The van der Waals surface area contributed by atoms with Crippen LogP contribution in [0.15, 0.2) is 18.6 Å². The molecule has 26 heavy (non-hydrogen) atoms. The highest BCUT2D eigenvalue weighted by Crippen LogP contribution is 2.23. The predicted octanol–water partition coefficient (Wildman–Crippen LogP) is 1.03. The highest BCUT2D eigenvalue weighted by Gasteiger charge is 2.24. The summed E-state index contributed by atoms with van der Waals surface area (Å²) < 4.78 is 9.46. The molecular weight excluding hydrogens is 330 g/mol. The Kier molecular flexibility index (Phi) is 5.62. The number of hydrogen-bond acceptors (Lipinski definition) is 6. The molecule has 2 saturated heterocycles. The Morgan fingerprint density at radius 3 is 3.00 bits per heavy atom. The third-order valence-corrected chi connectivity index (χ3v) is 5.57. The average molecular weight is 359 g/mol. The monoisotopic (exact) mass is 359 g/mol. The first kappa shape index (κ1) is 17.6. The van der Waals surface area contributed by atoms with Crippen LogP contribution in [0.5, 0.6) is 0 Å². The van der Waals surface area contributed by atoms with Gasteiger partial charge in [-0.25, -0.2) is 9.67 Å². The van der Waals surface area contributed by atoms with Gasteiger partial charge in [0.15, 0.2) is 5.82 Å². The van der Waals surface area contributed by atoms with E-state index in [1.807, 2.05) is 10.9 Å². The average Bonchev–Trinajstić information content (AvgIpc) is 3.42. The molecule has 0 radical (unpaired) electrons. The van der Waals surface area contributed by atoms with Gasteiger partial charge >= 0.3 is 0 Å². The van der Waals surface area contributed by atoms with E-state index in [2.05, 4.69) is 42.5 Å². The first-order chi connectivity index (χ1) is 12.8. The van der Waals surface area contributed by atoms with Crippen LogP contribution in [0.4, 0.5) is 0 Å². The number of imidazole rings is 1. The number of rotatable bonds is 7.